The van der Waals surface area contributed by atoms with Crippen LogP contribution < -0.4 is 5.73 Å². The predicted molar refractivity (Wildman–Crippen MR) is 65.5 cm³/mol. The number of anilines is 1. The molecule has 96 valence electrons. The Bertz CT molecular complexity index is 468. The van der Waals surface area contributed by atoms with Crippen LogP contribution in [-0.4, -0.2) is 12.1 Å². The van der Waals surface area contributed by atoms with Crippen LogP contribution in [0.4, 0.5) is 10.1 Å². The van der Waals surface area contributed by atoms with Crippen molar-refractivity contribution in [2.24, 2.45) is 11.8 Å². The van der Waals surface area contributed by atoms with Gasteiger partial charge in [-0.05, 0) is 55.7 Å². The molecular weight excluding hydrogens is 233 g/mol. The maximum Gasteiger partial charge on any atom is 0.338 e. The van der Waals surface area contributed by atoms with E-state index < -0.39 is 11.8 Å². The maximum absolute atomic E-state index is 13.2. The van der Waals surface area contributed by atoms with Gasteiger partial charge in [-0.25, -0.2) is 9.18 Å². The van der Waals surface area contributed by atoms with E-state index in [0.29, 0.717) is 11.8 Å². The first-order valence-corrected chi connectivity index (χ1v) is 6.39. The monoisotopic (exact) mass is 249 g/mol. The van der Waals surface area contributed by atoms with Gasteiger partial charge in [0.15, 0.2) is 0 Å². The first-order chi connectivity index (χ1) is 8.61. The number of nitrogen functional groups attached to an aromatic ring is 1. The Morgan fingerprint density at radius 3 is 2.72 bits per heavy atom. The van der Waals surface area contributed by atoms with Crippen molar-refractivity contribution < 1.29 is 13.9 Å². The zero-order valence-electron chi connectivity index (χ0n) is 10.1. The molecule has 2 bridgehead atoms. The van der Waals surface area contributed by atoms with Crippen molar-refractivity contribution in [2.75, 3.05) is 5.73 Å². The molecule has 18 heavy (non-hydrogen) atoms. The second-order valence-electron chi connectivity index (χ2n) is 5.39. The third kappa shape index (κ3) is 2.07. The highest BCUT2D eigenvalue weighted by Gasteiger charge is 2.41. The Morgan fingerprint density at radius 1 is 1.28 bits per heavy atom. The molecule has 4 heteroatoms. The van der Waals surface area contributed by atoms with Crippen molar-refractivity contribution in [3.8, 4) is 0 Å². The van der Waals surface area contributed by atoms with Crippen LogP contribution >= 0.6 is 0 Å². The highest BCUT2D eigenvalue weighted by atomic mass is 19.1. The molecule has 0 aromatic heterocycles. The molecule has 1 aromatic rings. The molecule has 2 N–H and O–H groups in total. The Morgan fingerprint density at radius 2 is 2.11 bits per heavy atom. The van der Waals surface area contributed by atoms with E-state index in [9.17, 15) is 9.18 Å². The summed E-state index contributed by atoms with van der Waals surface area (Å²) in [6.07, 6.45) is 4.55. The number of nitrogens with two attached hydrogens (primary N) is 1. The van der Waals surface area contributed by atoms with Crippen LogP contribution in [0.25, 0.3) is 0 Å². The summed E-state index contributed by atoms with van der Waals surface area (Å²) in [7, 11) is 0. The molecule has 0 radical (unpaired) electrons. The average Bonchev–Trinajstić information content (AvgIpc) is 2.89. The zero-order chi connectivity index (χ0) is 12.7. The molecule has 3 atom stereocenters. The minimum absolute atomic E-state index is 0.0146. The first kappa shape index (κ1) is 11.5. The number of halogens is 1. The molecule has 2 fully saturated rings. The standard InChI is InChI=1S/C14H16FNO2/c15-11-5-10(6-12(16)7-11)14(17)18-13-4-8-1-2-9(13)3-8/h5-9,13H,1-4,16H2. The zero-order valence-corrected chi connectivity index (χ0v) is 10.1. The van der Waals surface area contributed by atoms with E-state index in [1.54, 1.807) is 0 Å². The van der Waals surface area contributed by atoms with Crippen LogP contribution in [0, 0.1) is 17.7 Å². The van der Waals surface area contributed by atoms with Gasteiger partial charge in [0.1, 0.15) is 11.9 Å². The van der Waals surface area contributed by atoms with Crippen LogP contribution in [0.2, 0.25) is 0 Å². The highest BCUT2D eigenvalue weighted by molar-refractivity contribution is 5.90. The second-order valence-corrected chi connectivity index (χ2v) is 5.39. The van der Waals surface area contributed by atoms with E-state index in [4.69, 9.17) is 10.5 Å². The first-order valence-electron chi connectivity index (χ1n) is 6.39. The Kier molecular flexibility index (Phi) is 2.73. The molecule has 0 aliphatic heterocycles. The van der Waals surface area contributed by atoms with E-state index in [0.717, 1.165) is 12.8 Å². The van der Waals surface area contributed by atoms with Gasteiger partial charge in [0.25, 0.3) is 0 Å². The van der Waals surface area contributed by atoms with Gasteiger partial charge in [-0.1, -0.05) is 0 Å². The molecule has 3 unspecified atom stereocenters. The lowest BCUT2D eigenvalue weighted by Gasteiger charge is -2.21. The van der Waals surface area contributed by atoms with Gasteiger partial charge in [-0.2, -0.15) is 0 Å². The molecule has 2 aliphatic rings. The van der Waals surface area contributed by atoms with E-state index in [-0.39, 0.29) is 17.4 Å². The fraction of sp³-hybridized carbons (Fsp3) is 0.500. The molecule has 2 aliphatic carbocycles. The van der Waals surface area contributed by atoms with Gasteiger partial charge in [0, 0.05) is 5.69 Å². The quantitative estimate of drug-likeness (QED) is 0.647. The lowest BCUT2D eigenvalue weighted by molar-refractivity contribution is 0.0158. The van der Waals surface area contributed by atoms with Crippen LogP contribution in [0.3, 0.4) is 0 Å². The van der Waals surface area contributed by atoms with Crippen molar-refractivity contribution in [1.82, 2.24) is 0 Å². The van der Waals surface area contributed by atoms with Crippen LogP contribution in [0.15, 0.2) is 18.2 Å². The van der Waals surface area contributed by atoms with E-state index in [1.165, 1.54) is 31.0 Å². The number of rotatable bonds is 2. The number of hydrogen-bond acceptors (Lipinski definition) is 3. The van der Waals surface area contributed by atoms with Gasteiger partial charge in [-0.15, -0.1) is 0 Å². The summed E-state index contributed by atoms with van der Waals surface area (Å²) < 4.78 is 18.6. The summed E-state index contributed by atoms with van der Waals surface area (Å²) in [5.41, 5.74) is 5.97. The fourth-order valence-electron chi connectivity index (χ4n) is 3.27. The van der Waals surface area contributed by atoms with E-state index in [1.807, 2.05) is 0 Å². The average molecular weight is 249 g/mol. The number of esters is 1. The summed E-state index contributed by atoms with van der Waals surface area (Å²) in [6.45, 7) is 0. The van der Waals surface area contributed by atoms with Crippen molar-refractivity contribution in [3.05, 3.63) is 29.6 Å². The number of hydrogen-bond donors (Lipinski definition) is 1. The molecule has 0 amide bonds. The van der Waals surface area contributed by atoms with E-state index in [2.05, 4.69) is 0 Å². The fourth-order valence-corrected chi connectivity index (χ4v) is 3.27. The second kappa shape index (κ2) is 4.26. The molecule has 0 spiro atoms. The van der Waals surface area contributed by atoms with Gasteiger partial charge >= 0.3 is 5.97 Å². The normalized spacial score (nSPS) is 29.5. The van der Waals surface area contributed by atoms with Gasteiger partial charge in [-0.3, -0.25) is 0 Å². The Labute approximate surface area is 105 Å². The third-order valence-electron chi connectivity index (χ3n) is 4.09. The Balaban J connectivity index is 1.71. The number of benzene rings is 1. The summed E-state index contributed by atoms with van der Waals surface area (Å²) in [6, 6.07) is 3.82. The minimum Gasteiger partial charge on any atom is -0.458 e. The van der Waals surface area contributed by atoms with Gasteiger partial charge < -0.3 is 10.5 Å². The van der Waals surface area contributed by atoms with Gasteiger partial charge in [0.05, 0.1) is 5.56 Å². The smallest absolute Gasteiger partial charge is 0.338 e. The van der Waals surface area contributed by atoms with Crippen molar-refractivity contribution in [1.29, 1.82) is 0 Å². The number of carbonyl (C=O) groups is 1. The largest absolute Gasteiger partial charge is 0.458 e. The van der Waals surface area contributed by atoms with Gasteiger partial charge in [0.2, 0.25) is 0 Å². The lowest BCUT2D eigenvalue weighted by Crippen LogP contribution is -2.24. The number of fused-ring (bicyclic) bond motifs is 2. The van der Waals surface area contributed by atoms with Crippen molar-refractivity contribution in [3.63, 3.8) is 0 Å². The third-order valence-corrected chi connectivity index (χ3v) is 4.09. The topological polar surface area (TPSA) is 52.3 Å². The summed E-state index contributed by atoms with van der Waals surface area (Å²) in [5.74, 6) is 0.254. The molecule has 3 nitrogen and oxygen atoms in total. The van der Waals surface area contributed by atoms with Crippen molar-refractivity contribution >= 4 is 11.7 Å². The molecule has 2 saturated carbocycles. The number of carbonyl (C=O) groups excluding carboxylic acids is 1. The molecule has 1 aromatic carbocycles. The predicted octanol–water partition coefficient (Wildman–Crippen LogP) is 2.75. The van der Waals surface area contributed by atoms with Crippen LogP contribution in [-0.2, 0) is 4.74 Å². The SMILES string of the molecule is Nc1cc(F)cc(C(=O)OC2CC3CCC2C3)c1. The van der Waals surface area contributed by atoms with Crippen LogP contribution in [0.5, 0.6) is 0 Å². The molecular formula is C14H16FNO2. The molecule has 0 saturated heterocycles. The van der Waals surface area contributed by atoms with E-state index >= 15 is 0 Å². The molecule has 3 rings (SSSR count). The van der Waals surface area contributed by atoms with Crippen LogP contribution in [0.1, 0.15) is 36.0 Å². The highest BCUT2D eigenvalue weighted by Crippen LogP contribution is 2.46. The summed E-state index contributed by atoms with van der Waals surface area (Å²) >= 11 is 0. The number of ether oxygens (including phenoxy) is 1. The summed E-state index contributed by atoms with van der Waals surface area (Å²) in [4.78, 5) is 11.9. The van der Waals surface area contributed by atoms with Crippen molar-refractivity contribution in [2.45, 2.75) is 31.8 Å². The molecule has 0 heterocycles. The Hall–Kier alpha value is -1.58. The lowest BCUT2D eigenvalue weighted by atomic mass is 9.98. The minimum atomic E-state index is -0.505. The summed E-state index contributed by atoms with van der Waals surface area (Å²) in [5, 5.41) is 0. The maximum atomic E-state index is 13.2.